The molecule has 0 N–H and O–H groups in total. The van der Waals surface area contributed by atoms with Crippen molar-refractivity contribution in [3.8, 4) is 16.9 Å². The largest absolute Gasteiger partial charge is 0.455 e. The molecule has 2 unspecified atom stereocenters. The SMILES string of the molecule is [CH2+]C1(C)c2ccccc2N(CC(F)(F)F)C12C=Nc1c(cc(-c3ccc(N(CC)CC)cc3)c3ccccc13)O2. The van der Waals surface area contributed by atoms with Crippen molar-refractivity contribution in [2.45, 2.75) is 38.1 Å². The van der Waals surface area contributed by atoms with Gasteiger partial charge in [0.05, 0.1) is 13.1 Å². The number of nitrogens with zero attached hydrogens (tertiary/aromatic N) is 3. The van der Waals surface area contributed by atoms with Gasteiger partial charge in [0.1, 0.15) is 18.0 Å². The Morgan fingerprint density at radius 1 is 0.925 bits per heavy atom. The number of benzene rings is 4. The smallest absolute Gasteiger partial charge is 0.406 e. The van der Waals surface area contributed by atoms with Gasteiger partial charge in [-0.15, -0.1) is 0 Å². The highest BCUT2D eigenvalue weighted by Crippen LogP contribution is 2.56. The molecule has 2 atom stereocenters. The third-order valence-electron chi connectivity index (χ3n) is 8.24. The lowest BCUT2D eigenvalue weighted by atomic mass is 9.77. The zero-order valence-electron chi connectivity index (χ0n) is 22.8. The number of halogens is 3. The predicted molar refractivity (Wildman–Crippen MR) is 157 cm³/mol. The van der Waals surface area contributed by atoms with Crippen LogP contribution in [0.3, 0.4) is 0 Å². The van der Waals surface area contributed by atoms with E-state index in [0.29, 0.717) is 22.7 Å². The fourth-order valence-electron chi connectivity index (χ4n) is 6.18. The lowest BCUT2D eigenvalue weighted by Crippen LogP contribution is -2.63. The van der Waals surface area contributed by atoms with Crippen molar-refractivity contribution >= 4 is 34.0 Å². The number of anilines is 2. The van der Waals surface area contributed by atoms with Gasteiger partial charge in [-0.1, -0.05) is 54.6 Å². The fraction of sp³-hybridized carbons (Fsp3) is 0.273. The van der Waals surface area contributed by atoms with E-state index in [1.807, 2.05) is 49.4 Å². The molecule has 204 valence electrons. The second-order valence-corrected chi connectivity index (χ2v) is 10.6. The molecule has 7 heteroatoms. The number of fused-ring (bicyclic) bond motifs is 4. The van der Waals surface area contributed by atoms with E-state index in [1.54, 1.807) is 12.1 Å². The van der Waals surface area contributed by atoms with E-state index in [0.717, 1.165) is 40.7 Å². The highest BCUT2D eigenvalue weighted by atomic mass is 19.4. The molecule has 6 rings (SSSR count). The quantitative estimate of drug-likeness (QED) is 0.237. The van der Waals surface area contributed by atoms with Gasteiger partial charge in [0.2, 0.25) is 0 Å². The number of para-hydroxylation sites is 1. The average Bonchev–Trinajstić information content (AvgIpc) is 3.11. The number of hydrogen-bond acceptors (Lipinski definition) is 4. The maximum absolute atomic E-state index is 14.0. The Kier molecular flexibility index (Phi) is 6.02. The van der Waals surface area contributed by atoms with Crippen LogP contribution in [-0.2, 0) is 5.41 Å². The van der Waals surface area contributed by atoms with Crippen molar-refractivity contribution in [3.63, 3.8) is 0 Å². The van der Waals surface area contributed by atoms with Crippen LogP contribution in [0.5, 0.6) is 5.75 Å². The van der Waals surface area contributed by atoms with Crippen LogP contribution in [-0.4, -0.2) is 37.8 Å². The normalized spacial score (nSPS) is 21.4. The Bertz CT molecular complexity index is 1610. The van der Waals surface area contributed by atoms with Crippen LogP contribution in [0, 0.1) is 6.92 Å². The monoisotopic (exact) mass is 542 g/mol. The van der Waals surface area contributed by atoms with Crippen LogP contribution in [0.1, 0.15) is 26.3 Å². The number of alkyl halides is 3. The van der Waals surface area contributed by atoms with E-state index in [9.17, 15) is 13.2 Å². The molecule has 2 heterocycles. The molecule has 0 bridgehead atoms. The summed E-state index contributed by atoms with van der Waals surface area (Å²) in [5.41, 5.74) is 2.15. The topological polar surface area (TPSA) is 28.1 Å². The molecule has 1 spiro atoms. The Morgan fingerprint density at radius 2 is 1.57 bits per heavy atom. The second-order valence-electron chi connectivity index (χ2n) is 10.6. The van der Waals surface area contributed by atoms with Gasteiger partial charge >= 0.3 is 6.18 Å². The zero-order valence-corrected chi connectivity index (χ0v) is 22.8. The van der Waals surface area contributed by atoms with Crippen LogP contribution in [0.2, 0.25) is 0 Å². The summed E-state index contributed by atoms with van der Waals surface area (Å²) in [5, 5.41) is 1.87. The number of aliphatic imine (C=N–C) groups is 1. The van der Waals surface area contributed by atoms with Crippen LogP contribution < -0.4 is 14.5 Å². The third kappa shape index (κ3) is 3.90. The van der Waals surface area contributed by atoms with Crippen molar-refractivity contribution in [1.82, 2.24) is 0 Å². The van der Waals surface area contributed by atoms with Gasteiger partial charge in [-0.3, -0.25) is 4.99 Å². The molecule has 0 saturated carbocycles. The highest BCUT2D eigenvalue weighted by Gasteiger charge is 2.66. The van der Waals surface area contributed by atoms with Gasteiger partial charge in [0.25, 0.3) is 5.72 Å². The van der Waals surface area contributed by atoms with Crippen LogP contribution in [0.15, 0.2) is 83.9 Å². The Labute approximate surface area is 232 Å². The molecular weight excluding hydrogens is 511 g/mol. The maximum atomic E-state index is 14.0. The van der Waals surface area contributed by atoms with Crippen molar-refractivity contribution in [2.75, 3.05) is 29.4 Å². The van der Waals surface area contributed by atoms with Gasteiger partial charge in [-0.2, -0.15) is 13.2 Å². The van der Waals surface area contributed by atoms with Crippen molar-refractivity contribution in [2.24, 2.45) is 4.99 Å². The van der Waals surface area contributed by atoms with Gasteiger partial charge in [0, 0.05) is 35.4 Å². The molecule has 4 aromatic carbocycles. The van der Waals surface area contributed by atoms with E-state index in [-0.39, 0.29) is 0 Å². The van der Waals surface area contributed by atoms with Crippen LogP contribution >= 0.6 is 0 Å². The van der Waals surface area contributed by atoms with Crippen LogP contribution in [0.4, 0.5) is 30.2 Å². The summed E-state index contributed by atoms with van der Waals surface area (Å²) in [6.07, 6.45) is -2.95. The van der Waals surface area contributed by atoms with Gasteiger partial charge in [-0.25, -0.2) is 0 Å². The second kappa shape index (κ2) is 9.22. The van der Waals surface area contributed by atoms with Gasteiger partial charge in [0.15, 0.2) is 5.41 Å². The Morgan fingerprint density at radius 3 is 2.25 bits per heavy atom. The number of hydrogen-bond donors (Lipinski definition) is 0. The molecular formula is C33H31F3N3O+. The minimum Gasteiger partial charge on any atom is -0.455 e. The van der Waals surface area contributed by atoms with E-state index < -0.39 is 23.9 Å². The fourth-order valence-corrected chi connectivity index (χ4v) is 6.18. The minimum absolute atomic E-state index is 0.430. The summed E-state index contributed by atoms with van der Waals surface area (Å²) in [7, 11) is 0. The van der Waals surface area contributed by atoms with E-state index in [2.05, 4.69) is 49.9 Å². The van der Waals surface area contributed by atoms with Crippen LogP contribution in [0.25, 0.3) is 21.9 Å². The summed E-state index contributed by atoms with van der Waals surface area (Å²) in [4.78, 5) is 8.34. The molecule has 4 aromatic rings. The van der Waals surface area contributed by atoms with Crippen molar-refractivity contribution < 1.29 is 17.9 Å². The first-order valence-electron chi connectivity index (χ1n) is 13.5. The first-order valence-corrected chi connectivity index (χ1v) is 13.5. The summed E-state index contributed by atoms with van der Waals surface area (Å²) in [5.74, 6) is 0.430. The third-order valence-corrected chi connectivity index (χ3v) is 8.24. The molecule has 2 aliphatic heterocycles. The maximum Gasteiger partial charge on any atom is 0.406 e. The summed E-state index contributed by atoms with van der Waals surface area (Å²) in [6, 6.07) is 25.2. The Hall–Kier alpha value is -4.13. The molecule has 0 radical (unpaired) electrons. The zero-order chi connectivity index (χ0) is 28.3. The molecule has 0 amide bonds. The predicted octanol–water partition coefficient (Wildman–Crippen LogP) is 8.32. The molecule has 40 heavy (non-hydrogen) atoms. The van der Waals surface area contributed by atoms with Crippen molar-refractivity contribution in [1.29, 1.82) is 0 Å². The standard InChI is InChI=1S/C33H31F3N3O/c1-5-38(6-2)23-17-15-22(16-18-23)26-19-29-30(25-12-8-7-11-24(25)26)37-20-32(40-29)31(3,4)27-13-9-10-14-28(27)39(32)21-33(34,35)36/h7-20H,3,5-6,21H2,1-2,4H3/q+1. The number of ether oxygens (including phenoxy) is 1. The first-order chi connectivity index (χ1) is 19.1. The lowest BCUT2D eigenvalue weighted by molar-refractivity contribution is -0.125. The Balaban J connectivity index is 1.52. The van der Waals surface area contributed by atoms with E-state index in [4.69, 9.17) is 9.73 Å². The first kappa shape index (κ1) is 26.1. The summed E-state index contributed by atoms with van der Waals surface area (Å²) >= 11 is 0. The van der Waals surface area contributed by atoms with E-state index in [1.165, 1.54) is 11.1 Å². The van der Waals surface area contributed by atoms with Gasteiger partial charge < -0.3 is 14.5 Å². The average molecular weight is 543 g/mol. The molecule has 2 aliphatic rings. The lowest BCUT2D eigenvalue weighted by Gasteiger charge is -2.43. The number of rotatable bonds is 5. The highest BCUT2D eigenvalue weighted by molar-refractivity contribution is 6.07. The molecule has 4 nitrogen and oxygen atoms in total. The van der Waals surface area contributed by atoms with E-state index >= 15 is 0 Å². The molecule has 0 aliphatic carbocycles. The molecule has 0 saturated heterocycles. The summed E-state index contributed by atoms with van der Waals surface area (Å²) < 4.78 is 48.6. The molecule has 0 fully saturated rings. The van der Waals surface area contributed by atoms with Gasteiger partial charge in [-0.05, 0) is 61.5 Å². The minimum atomic E-state index is -4.46. The van der Waals surface area contributed by atoms with Crippen molar-refractivity contribution in [3.05, 3.63) is 91.3 Å². The summed E-state index contributed by atoms with van der Waals surface area (Å²) in [6.45, 7) is 11.1. The molecule has 0 aromatic heterocycles.